The van der Waals surface area contributed by atoms with Crippen molar-refractivity contribution in [3.8, 4) is 0 Å². The lowest BCUT2D eigenvalue weighted by molar-refractivity contribution is 0.0692. The highest BCUT2D eigenvalue weighted by atomic mass is 32.2. The molecule has 5 nitrogen and oxygen atoms in total. The number of hydrogen-bond acceptors (Lipinski definition) is 5. The maximum Gasteiger partial charge on any atom is 0.336 e. The van der Waals surface area contributed by atoms with Crippen molar-refractivity contribution in [3.05, 3.63) is 89.0 Å². The molecule has 1 aromatic heterocycles. The zero-order valence-electron chi connectivity index (χ0n) is 23.9. The average molecular weight is 589 g/mol. The SMILES string of the molecule is CCCCCCCCCCCCc1ccc(CSc2nc3ccc(NC(=O)c4ccccc4C(=O)O)cc3s2)cc1. The van der Waals surface area contributed by atoms with Crippen LogP contribution < -0.4 is 5.32 Å². The molecule has 3 aromatic carbocycles. The molecule has 0 unspecified atom stereocenters. The molecule has 4 rings (SSSR count). The molecule has 0 aliphatic rings. The molecule has 2 N–H and O–H groups in total. The van der Waals surface area contributed by atoms with Gasteiger partial charge in [-0.2, -0.15) is 0 Å². The smallest absolute Gasteiger partial charge is 0.336 e. The van der Waals surface area contributed by atoms with Crippen LogP contribution in [0.1, 0.15) is 103 Å². The van der Waals surface area contributed by atoms with Crippen molar-refractivity contribution < 1.29 is 14.7 Å². The van der Waals surface area contributed by atoms with Crippen molar-refractivity contribution in [2.45, 2.75) is 87.6 Å². The van der Waals surface area contributed by atoms with Crippen molar-refractivity contribution in [2.24, 2.45) is 0 Å². The quantitative estimate of drug-likeness (QED) is 0.0948. The predicted octanol–water partition coefficient (Wildman–Crippen LogP) is 10.0. The molecule has 41 heavy (non-hydrogen) atoms. The van der Waals surface area contributed by atoms with Crippen molar-refractivity contribution in [1.29, 1.82) is 0 Å². The number of aryl methyl sites for hydroxylation is 1. The van der Waals surface area contributed by atoms with E-state index in [1.807, 2.05) is 12.1 Å². The number of anilines is 1. The molecule has 7 heteroatoms. The molecule has 0 saturated heterocycles. The fourth-order valence-electron chi connectivity index (χ4n) is 4.87. The number of aromatic nitrogens is 1. The van der Waals surface area contributed by atoms with Gasteiger partial charge in [-0.25, -0.2) is 9.78 Å². The third kappa shape index (κ3) is 9.72. The number of thiazole rings is 1. The number of carbonyl (C=O) groups excluding carboxylic acids is 1. The molecule has 0 aliphatic carbocycles. The summed E-state index contributed by atoms with van der Waals surface area (Å²) in [5, 5.41) is 12.2. The highest BCUT2D eigenvalue weighted by molar-refractivity contribution is 8.00. The van der Waals surface area contributed by atoms with Gasteiger partial charge in [0.2, 0.25) is 0 Å². The Morgan fingerprint density at radius 1 is 0.805 bits per heavy atom. The van der Waals surface area contributed by atoms with Crippen LogP contribution in [0.3, 0.4) is 0 Å². The van der Waals surface area contributed by atoms with Crippen molar-refractivity contribution in [2.75, 3.05) is 5.32 Å². The Morgan fingerprint density at radius 3 is 2.12 bits per heavy atom. The van der Waals surface area contributed by atoms with E-state index < -0.39 is 11.9 Å². The Morgan fingerprint density at radius 2 is 1.44 bits per heavy atom. The molecule has 4 aromatic rings. The van der Waals surface area contributed by atoms with Crippen LogP contribution in [0.5, 0.6) is 0 Å². The van der Waals surface area contributed by atoms with Gasteiger partial charge in [0, 0.05) is 11.4 Å². The van der Waals surface area contributed by atoms with Gasteiger partial charge in [0.25, 0.3) is 5.91 Å². The average Bonchev–Trinajstić information content (AvgIpc) is 3.40. The summed E-state index contributed by atoms with van der Waals surface area (Å²) >= 11 is 3.31. The first-order valence-electron chi connectivity index (χ1n) is 14.8. The number of carbonyl (C=O) groups is 2. The Kier molecular flexibility index (Phi) is 12.3. The van der Waals surface area contributed by atoms with Gasteiger partial charge in [-0.05, 0) is 54.3 Å². The van der Waals surface area contributed by atoms with E-state index in [2.05, 4.69) is 36.5 Å². The maximum absolute atomic E-state index is 12.7. The number of carboxylic acid groups (broad SMARTS) is 1. The molecule has 0 radical (unpaired) electrons. The highest BCUT2D eigenvalue weighted by Crippen LogP contribution is 2.33. The Bertz CT molecular complexity index is 1420. The van der Waals surface area contributed by atoms with Crippen molar-refractivity contribution in [1.82, 2.24) is 4.98 Å². The molecule has 0 fully saturated rings. The topological polar surface area (TPSA) is 79.3 Å². The van der Waals surface area contributed by atoms with E-state index in [1.165, 1.54) is 87.5 Å². The summed E-state index contributed by atoms with van der Waals surface area (Å²) in [4.78, 5) is 28.9. The lowest BCUT2D eigenvalue weighted by Crippen LogP contribution is -2.16. The second-order valence-corrected chi connectivity index (χ2v) is 12.8. The monoisotopic (exact) mass is 588 g/mol. The van der Waals surface area contributed by atoms with Crippen LogP contribution >= 0.6 is 23.1 Å². The predicted molar refractivity (Wildman–Crippen MR) is 173 cm³/mol. The van der Waals surface area contributed by atoms with Gasteiger partial charge in [0.05, 0.1) is 21.3 Å². The van der Waals surface area contributed by atoms with Gasteiger partial charge >= 0.3 is 5.97 Å². The fraction of sp³-hybridized carbons (Fsp3) is 0.382. The van der Waals surface area contributed by atoms with Gasteiger partial charge in [-0.3, -0.25) is 4.79 Å². The second-order valence-electron chi connectivity index (χ2n) is 10.5. The van der Waals surface area contributed by atoms with Gasteiger partial charge < -0.3 is 10.4 Å². The third-order valence-corrected chi connectivity index (χ3v) is 9.47. The number of nitrogens with one attached hydrogen (secondary N) is 1. The first-order chi connectivity index (χ1) is 20.0. The minimum Gasteiger partial charge on any atom is -0.478 e. The molecule has 216 valence electrons. The number of unbranched alkanes of at least 4 members (excludes halogenated alkanes) is 9. The van der Waals surface area contributed by atoms with E-state index in [-0.39, 0.29) is 11.1 Å². The molecular formula is C34H40N2O3S2. The van der Waals surface area contributed by atoms with Crippen molar-refractivity contribution >= 4 is 50.9 Å². The van der Waals surface area contributed by atoms with Gasteiger partial charge in [0.1, 0.15) is 0 Å². The molecule has 0 saturated carbocycles. The summed E-state index contributed by atoms with van der Waals surface area (Å²) in [7, 11) is 0. The van der Waals surface area contributed by atoms with Gasteiger partial charge in [-0.15, -0.1) is 11.3 Å². The molecule has 0 atom stereocenters. The van der Waals surface area contributed by atoms with Crippen LogP contribution in [0.2, 0.25) is 0 Å². The number of carboxylic acids is 1. The molecular weight excluding hydrogens is 549 g/mol. The number of thioether (sulfide) groups is 1. The number of benzene rings is 3. The molecule has 0 aliphatic heterocycles. The number of nitrogens with zero attached hydrogens (tertiary/aromatic N) is 1. The second kappa shape index (κ2) is 16.3. The summed E-state index contributed by atoms with van der Waals surface area (Å²) in [6.07, 6.45) is 14.8. The van der Waals surface area contributed by atoms with Crippen LogP contribution in [0.4, 0.5) is 5.69 Å². The summed E-state index contributed by atoms with van der Waals surface area (Å²) < 4.78 is 1.96. The van der Waals surface area contributed by atoms with Crippen LogP contribution in [-0.2, 0) is 12.2 Å². The van der Waals surface area contributed by atoms with E-state index >= 15 is 0 Å². The van der Waals surface area contributed by atoms with E-state index in [0.717, 1.165) is 26.7 Å². The highest BCUT2D eigenvalue weighted by Gasteiger charge is 2.16. The fourth-order valence-corrected chi connectivity index (χ4v) is 6.94. The Hall–Kier alpha value is -3.16. The number of aromatic carboxylic acids is 1. The van der Waals surface area contributed by atoms with Crippen LogP contribution in [0.25, 0.3) is 10.2 Å². The minimum atomic E-state index is -1.13. The first-order valence-corrected chi connectivity index (χ1v) is 16.6. The van der Waals surface area contributed by atoms with E-state index in [1.54, 1.807) is 41.3 Å². The van der Waals surface area contributed by atoms with E-state index in [4.69, 9.17) is 4.98 Å². The number of hydrogen-bond donors (Lipinski definition) is 2. The Labute approximate surface area is 251 Å². The molecule has 0 bridgehead atoms. The summed E-state index contributed by atoms with van der Waals surface area (Å²) in [5.41, 5.74) is 4.31. The minimum absolute atomic E-state index is 0.0191. The number of amides is 1. The summed E-state index contributed by atoms with van der Waals surface area (Å²) in [6.45, 7) is 2.27. The largest absolute Gasteiger partial charge is 0.478 e. The standard InChI is InChI=1S/C34H40N2O3S2/c1-2-3-4-5-6-7-8-9-10-11-14-25-17-19-26(20-18-25)24-40-34-36-30-22-21-27(23-31(30)41-34)35-32(37)28-15-12-13-16-29(28)33(38)39/h12-13,15-23H,2-11,14,24H2,1H3,(H,35,37)(H,38,39). The van der Waals surface area contributed by atoms with Crippen LogP contribution in [-0.4, -0.2) is 22.0 Å². The normalized spacial score (nSPS) is 11.1. The number of rotatable bonds is 17. The lowest BCUT2D eigenvalue weighted by Gasteiger charge is -2.07. The molecule has 0 spiro atoms. The third-order valence-electron chi connectivity index (χ3n) is 7.23. The summed E-state index contributed by atoms with van der Waals surface area (Å²) in [5.74, 6) is -0.717. The molecule has 1 amide bonds. The van der Waals surface area contributed by atoms with E-state index in [0.29, 0.717) is 5.69 Å². The maximum atomic E-state index is 12.7. The molecule has 1 heterocycles. The van der Waals surface area contributed by atoms with Crippen LogP contribution in [0, 0.1) is 0 Å². The Balaban J connectivity index is 1.21. The lowest BCUT2D eigenvalue weighted by atomic mass is 10.0. The van der Waals surface area contributed by atoms with Crippen molar-refractivity contribution in [3.63, 3.8) is 0 Å². The van der Waals surface area contributed by atoms with Gasteiger partial charge in [-0.1, -0.05) is 113 Å². The first kappa shape index (κ1) is 30.8. The van der Waals surface area contributed by atoms with E-state index in [9.17, 15) is 14.7 Å². The van der Waals surface area contributed by atoms with Gasteiger partial charge in [0.15, 0.2) is 4.34 Å². The number of fused-ring (bicyclic) bond motifs is 1. The zero-order valence-corrected chi connectivity index (χ0v) is 25.5. The zero-order chi connectivity index (χ0) is 28.9. The van der Waals surface area contributed by atoms with Crippen LogP contribution in [0.15, 0.2) is 71.1 Å². The summed E-state index contributed by atoms with van der Waals surface area (Å²) in [6, 6.07) is 20.8.